The average Bonchev–Trinajstić information content (AvgIpc) is 2.60. The first kappa shape index (κ1) is 19.1. The summed E-state index contributed by atoms with van der Waals surface area (Å²) in [5.41, 5.74) is 0.136. The number of carbonyl (C=O) groups is 3. The summed E-state index contributed by atoms with van der Waals surface area (Å²) in [4.78, 5) is 52.6. The summed E-state index contributed by atoms with van der Waals surface area (Å²) < 4.78 is 1.14. The Hall–Kier alpha value is -3.23. The molecule has 1 atom stereocenters. The molecule has 0 saturated carbocycles. The van der Waals surface area contributed by atoms with Gasteiger partial charge in [0, 0.05) is 20.0 Å². The van der Waals surface area contributed by atoms with E-state index in [1.807, 2.05) is 0 Å². The first-order valence-corrected chi connectivity index (χ1v) is 8.02. The van der Waals surface area contributed by atoms with Crippen LogP contribution < -0.4 is 10.9 Å². The van der Waals surface area contributed by atoms with Gasteiger partial charge in [-0.2, -0.15) is 0 Å². The Bertz CT molecular complexity index is 892. The quantitative estimate of drug-likeness (QED) is 0.707. The molecule has 0 aliphatic heterocycles. The highest BCUT2D eigenvalue weighted by atomic mass is 16.4. The summed E-state index contributed by atoms with van der Waals surface area (Å²) in [6, 6.07) is 5.65. The van der Waals surface area contributed by atoms with Crippen molar-refractivity contribution < 1.29 is 19.5 Å². The van der Waals surface area contributed by atoms with Gasteiger partial charge in [0.15, 0.2) is 0 Å². The lowest BCUT2D eigenvalue weighted by Crippen LogP contribution is -2.48. The van der Waals surface area contributed by atoms with E-state index < -0.39 is 17.9 Å². The van der Waals surface area contributed by atoms with Crippen LogP contribution in [0.2, 0.25) is 0 Å². The van der Waals surface area contributed by atoms with E-state index in [1.54, 1.807) is 24.3 Å². The Kier molecular flexibility index (Phi) is 6.05. The standard InChI is InChI=1S/C17H20N4O5/c1-11(17(25)26)21(8-7-18-12(2)22)15(23)9-20-10-19-14-6-4-3-5-13(14)16(20)24/h3-6,10-11H,7-9H2,1-2H3,(H,18,22)(H,25,26). The fourth-order valence-electron chi connectivity index (χ4n) is 2.48. The van der Waals surface area contributed by atoms with Crippen LogP contribution in [-0.4, -0.2) is 56.5 Å². The molecule has 1 heterocycles. The van der Waals surface area contributed by atoms with Crippen LogP contribution >= 0.6 is 0 Å². The van der Waals surface area contributed by atoms with E-state index in [4.69, 9.17) is 0 Å². The number of para-hydroxylation sites is 1. The lowest BCUT2D eigenvalue weighted by molar-refractivity contribution is -0.149. The molecule has 0 aliphatic rings. The molecular formula is C17H20N4O5. The zero-order valence-corrected chi connectivity index (χ0v) is 14.5. The van der Waals surface area contributed by atoms with Crippen molar-refractivity contribution in [3.63, 3.8) is 0 Å². The number of aliphatic carboxylic acids is 1. The van der Waals surface area contributed by atoms with E-state index >= 15 is 0 Å². The average molecular weight is 360 g/mol. The smallest absolute Gasteiger partial charge is 0.326 e. The zero-order valence-electron chi connectivity index (χ0n) is 14.5. The van der Waals surface area contributed by atoms with Gasteiger partial charge in [-0.25, -0.2) is 9.78 Å². The number of hydrogen-bond donors (Lipinski definition) is 2. The number of rotatable bonds is 7. The molecule has 2 amide bonds. The van der Waals surface area contributed by atoms with E-state index in [1.165, 1.54) is 20.2 Å². The number of carboxylic acid groups (broad SMARTS) is 1. The van der Waals surface area contributed by atoms with E-state index in [9.17, 15) is 24.3 Å². The van der Waals surface area contributed by atoms with Crippen LogP contribution in [0.4, 0.5) is 0 Å². The maximum absolute atomic E-state index is 12.6. The van der Waals surface area contributed by atoms with Gasteiger partial charge in [-0.15, -0.1) is 0 Å². The molecule has 138 valence electrons. The summed E-state index contributed by atoms with van der Waals surface area (Å²) in [5, 5.41) is 12.1. The van der Waals surface area contributed by atoms with E-state index in [-0.39, 0.29) is 31.1 Å². The van der Waals surface area contributed by atoms with Crippen molar-refractivity contribution in [1.29, 1.82) is 0 Å². The van der Waals surface area contributed by atoms with Gasteiger partial charge in [-0.3, -0.25) is 19.0 Å². The first-order valence-electron chi connectivity index (χ1n) is 8.02. The minimum atomic E-state index is -1.18. The number of hydrogen-bond acceptors (Lipinski definition) is 5. The molecule has 0 radical (unpaired) electrons. The molecule has 9 nitrogen and oxygen atoms in total. The highest BCUT2D eigenvalue weighted by Crippen LogP contribution is 2.06. The second kappa shape index (κ2) is 8.24. The molecule has 1 aromatic heterocycles. The van der Waals surface area contributed by atoms with Gasteiger partial charge in [0.25, 0.3) is 5.56 Å². The molecule has 0 spiro atoms. The van der Waals surface area contributed by atoms with Crippen molar-refractivity contribution in [2.75, 3.05) is 13.1 Å². The molecule has 0 bridgehead atoms. The molecule has 1 aromatic carbocycles. The van der Waals surface area contributed by atoms with Crippen LogP contribution in [0, 0.1) is 0 Å². The van der Waals surface area contributed by atoms with Gasteiger partial charge in [0.2, 0.25) is 11.8 Å². The summed E-state index contributed by atoms with van der Waals surface area (Å²) >= 11 is 0. The summed E-state index contributed by atoms with van der Waals surface area (Å²) in [7, 11) is 0. The van der Waals surface area contributed by atoms with E-state index in [0.717, 1.165) is 9.47 Å². The van der Waals surface area contributed by atoms with Crippen molar-refractivity contribution in [2.45, 2.75) is 26.4 Å². The van der Waals surface area contributed by atoms with Crippen LogP contribution in [0.5, 0.6) is 0 Å². The van der Waals surface area contributed by atoms with Crippen LogP contribution in [0.1, 0.15) is 13.8 Å². The third-order valence-electron chi connectivity index (χ3n) is 3.91. The molecule has 9 heteroatoms. The fourth-order valence-corrected chi connectivity index (χ4v) is 2.48. The fraction of sp³-hybridized carbons (Fsp3) is 0.353. The van der Waals surface area contributed by atoms with Gasteiger partial charge in [0.1, 0.15) is 12.6 Å². The molecular weight excluding hydrogens is 340 g/mol. The molecule has 2 aromatic rings. The molecule has 2 N–H and O–H groups in total. The number of benzene rings is 1. The third-order valence-corrected chi connectivity index (χ3v) is 3.91. The zero-order chi connectivity index (χ0) is 19.3. The Morgan fingerprint density at radius 2 is 2.00 bits per heavy atom. The molecule has 26 heavy (non-hydrogen) atoms. The lowest BCUT2D eigenvalue weighted by Gasteiger charge is -2.26. The predicted octanol–water partition coefficient (Wildman–Crippen LogP) is -0.166. The van der Waals surface area contributed by atoms with Gasteiger partial charge in [0.05, 0.1) is 17.2 Å². The number of nitrogens with one attached hydrogen (secondary N) is 1. The normalized spacial score (nSPS) is 11.8. The van der Waals surface area contributed by atoms with Gasteiger partial charge in [-0.1, -0.05) is 12.1 Å². The van der Waals surface area contributed by atoms with Gasteiger partial charge in [-0.05, 0) is 19.1 Å². The number of aromatic nitrogens is 2. The predicted molar refractivity (Wildman–Crippen MR) is 93.5 cm³/mol. The number of nitrogens with zero attached hydrogens (tertiary/aromatic N) is 3. The summed E-state index contributed by atoms with van der Waals surface area (Å²) in [6.07, 6.45) is 1.26. The maximum Gasteiger partial charge on any atom is 0.326 e. The lowest BCUT2D eigenvalue weighted by atomic mass is 10.2. The first-order chi connectivity index (χ1) is 12.3. The topological polar surface area (TPSA) is 122 Å². The van der Waals surface area contributed by atoms with Crippen LogP contribution in [0.25, 0.3) is 10.9 Å². The van der Waals surface area contributed by atoms with Gasteiger partial charge < -0.3 is 15.3 Å². The van der Waals surface area contributed by atoms with Gasteiger partial charge >= 0.3 is 5.97 Å². The second-order valence-electron chi connectivity index (χ2n) is 5.78. The SMILES string of the molecule is CC(=O)NCCN(C(=O)Cn1cnc2ccccc2c1=O)C(C)C(=O)O. The molecule has 0 fully saturated rings. The number of fused-ring (bicyclic) bond motifs is 1. The third kappa shape index (κ3) is 4.44. The highest BCUT2D eigenvalue weighted by Gasteiger charge is 2.25. The van der Waals surface area contributed by atoms with Crippen molar-refractivity contribution in [3.8, 4) is 0 Å². The number of carbonyl (C=O) groups excluding carboxylic acids is 2. The largest absolute Gasteiger partial charge is 0.480 e. The van der Waals surface area contributed by atoms with Crippen LogP contribution in [-0.2, 0) is 20.9 Å². The van der Waals surface area contributed by atoms with E-state index in [0.29, 0.717) is 10.9 Å². The van der Waals surface area contributed by atoms with Crippen LogP contribution in [0.3, 0.4) is 0 Å². The molecule has 0 saturated heterocycles. The summed E-state index contributed by atoms with van der Waals surface area (Å²) in [6.45, 7) is 2.49. The number of carboxylic acids is 1. The Morgan fingerprint density at radius 1 is 1.31 bits per heavy atom. The minimum absolute atomic E-state index is 0.0155. The molecule has 0 aliphatic carbocycles. The summed E-state index contributed by atoms with van der Waals surface area (Å²) in [5.74, 6) is -2.01. The van der Waals surface area contributed by atoms with Crippen molar-refractivity contribution in [2.24, 2.45) is 0 Å². The molecule has 2 rings (SSSR count). The Labute approximate surface area is 149 Å². The Morgan fingerprint density at radius 3 is 2.65 bits per heavy atom. The molecule has 1 unspecified atom stereocenters. The minimum Gasteiger partial charge on any atom is -0.480 e. The van der Waals surface area contributed by atoms with Crippen molar-refractivity contribution >= 4 is 28.7 Å². The Balaban J connectivity index is 2.22. The van der Waals surface area contributed by atoms with E-state index in [2.05, 4.69) is 10.3 Å². The number of amides is 2. The van der Waals surface area contributed by atoms with Crippen molar-refractivity contribution in [1.82, 2.24) is 19.8 Å². The second-order valence-corrected chi connectivity index (χ2v) is 5.78. The van der Waals surface area contributed by atoms with Crippen LogP contribution in [0.15, 0.2) is 35.4 Å². The van der Waals surface area contributed by atoms with Crippen molar-refractivity contribution in [3.05, 3.63) is 40.9 Å². The highest BCUT2D eigenvalue weighted by molar-refractivity contribution is 5.84. The maximum atomic E-state index is 12.6. The monoisotopic (exact) mass is 360 g/mol.